The lowest BCUT2D eigenvalue weighted by atomic mass is 10.4. The lowest BCUT2D eigenvalue weighted by Gasteiger charge is -2.36. The lowest BCUT2D eigenvalue weighted by Crippen LogP contribution is -2.61. The largest absolute Gasteiger partial charge is 0.418 e. The third-order valence-electron chi connectivity index (χ3n) is 1.38. The second-order valence-electron chi connectivity index (χ2n) is 3.39. The Kier molecular flexibility index (Phi) is 4.16. The van der Waals surface area contributed by atoms with Gasteiger partial charge in [-0.1, -0.05) is 0 Å². The van der Waals surface area contributed by atoms with Gasteiger partial charge in [-0.3, -0.25) is 4.48 Å². The molecule has 0 bridgehead atoms. The minimum atomic E-state index is -2.85. The maximum Gasteiger partial charge on any atom is 0.418 e. The Hall–Kier alpha value is -0.320. The predicted molar refractivity (Wildman–Crippen MR) is 37.9 cm³/mol. The molecule has 13 heavy (non-hydrogen) atoms. The highest BCUT2D eigenvalue weighted by molar-refractivity contribution is 4.54. The third kappa shape index (κ3) is 2.83. The third-order valence-corrected chi connectivity index (χ3v) is 1.38. The van der Waals surface area contributed by atoms with Crippen LogP contribution in [0.15, 0.2) is 0 Å². The van der Waals surface area contributed by atoms with Crippen LogP contribution in [0.3, 0.4) is 0 Å². The van der Waals surface area contributed by atoms with Crippen molar-refractivity contribution in [3.8, 4) is 0 Å². The van der Waals surface area contributed by atoms with E-state index in [-0.39, 0.29) is 4.48 Å². The molecule has 1 atom stereocenters. The molecule has 0 aliphatic heterocycles. The van der Waals surface area contributed by atoms with Gasteiger partial charge in [-0.2, -0.15) is 14.7 Å². The van der Waals surface area contributed by atoms with Crippen LogP contribution < -0.4 is 0 Å². The van der Waals surface area contributed by atoms with E-state index in [2.05, 4.69) is 14.7 Å². The first kappa shape index (κ1) is 12.7. The molecule has 0 heterocycles. The summed E-state index contributed by atoms with van der Waals surface area (Å²) >= 11 is 0. The van der Waals surface area contributed by atoms with Crippen LogP contribution in [-0.4, -0.2) is 58.7 Å². The number of nitrogens with zero attached hydrogens (tertiary/aromatic N) is 1. The van der Waals surface area contributed by atoms with Crippen molar-refractivity contribution in [3.63, 3.8) is 0 Å². The normalized spacial score (nSPS) is 15.9. The van der Waals surface area contributed by atoms with Crippen LogP contribution in [0.4, 0.5) is 0 Å². The van der Waals surface area contributed by atoms with Gasteiger partial charge in [-0.15, -0.1) is 0 Å². The number of aliphatic hydroxyl groups is 1. The average molecular weight is 200 g/mol. The van der Waals surface area contributed by atoms with Crippen molar-refractivity contribution in [2.45, 2.75) is 12.2 Å². The van der Waals surface area contributed by atoms with Crippen LogP contribution in [0.5, 0.6) is 0 Å². The van der Waals surface area contributed by atoms with E-state index in [1.807, 2.05) is 0 Å². The number of rotatable bonds is 5. The first-order valence-electron chi connectivity index (χ1n) is 3.30. The van der Waals surface area contributed by atoms with E-state index in [4.69, 9.17) is 15.8 Å². The van der Waals surface area contributed by atoms with E-state index in [1.54, 1.807) is 0 Å². The Labute approximate surface area is 74.5 Å². The summed E-state index contributed by atoms with van der Waals surface area (Å²) in [6.45, 7) is 0. The number of likely N-dealkylation sites (N-methyl/N-ethyl adjacent to an activating group) is 1. The zero-order valence-electron chi connectivity index (χ0n) is 7.54. The van der Waals surface area contributed by atoms with Crippen LogP contribution in [0.1, 0.15) is 0 Å². The van der Waals surface area contributed by atoms with Crippen molar-refractivity contribution < 1.29 is 40.0 Å². The van der Waals surface area contributed by atoms with E-state index in [0.717, 1.165) is 0 Å². The molecule has 4 N–H and O–H groups in total. The molecule has 8 nitrogen and oxygen atoms in total. The van der Waals surface area contributed by atoms with Crippen molar-refractivity contribution in [2.24, 2.45) is 0 Å². The first-order chi connectivity index (χ1) is 5.81. The Morgan fingerprint density at radius 3 is 1.54 bits per heavy atom. The van der Waals surface area contributed by atoms with Gasteiger partial charge in [0.15, 0.2) is 0 Å². The molecule has 1 unspecified atom stereocenters. The number of quaternary nitrogens is 1. The second-order valence-corrected chi connectivity index (χ2v) is 3.39. The summed E-state index contributed by atoms with van der Waals surface area (Å²) in [5.41, 5.74) is 0. The van der Waals surface area contributed by atoms with Gasteiger partial charge in [-0.05, 0) is 0 Å². The van der Waals surface area contributed by atoms with E-state index in [9.17, 15) is 5.11 Å². The molecule has 0 aromatic rings. The molecule has 0 saturated carbocycles. The topological polar surface area (TPSA) is 109 Å². The maximum atomic E-state index is 9.18. The zero-order chi connectivity index (χ0) is 10.7. The molecular weight excluding hydrogens is 186 g/mol. The van der Waals surface area contributed by atoms with Crippen molar-refractivity contribution >= 4 is 0 Å². The summed E-state index contributed by atoms with van der Waals surface area (Å²) in [7, 11) is 4.47. The van der Waals surface area contributed by atoms with Gasteiger partial charge in [-0.25, -0.2) is 15.8 Å². The van der Waals surface area contributed by atoms with E-state index < -0.39 is 12.2 Å². The SMILES string of the molecule is C[N+](C)(C)C(OO)C(O)(OO)OO. The van der Waals surface area contributed by atoms with E-state index >= 15 is 0 Å². The van der Waals surface area contributed by atoms with Gasteiger partial charge in [0.25, 0.3) is 0 Å². The highest BCUT2D eigenvalue weighted by atomic mass is 17.3. The summed E-state index contributed by atoms with van der Waals surface area (Å²) in [6, 6.07) is 0. The zero-order valence-corrected chi connectivity index (χ0v) is 7.54. The number of hydrogen-bond donors (Lipinski definition) is 4. The summed E-state index contributed by atoms with van der Waals surface area (Å²) in [4.78, 5) is 10.7. The van der Waals surface area contributed by atoms with Gasteiger partial charge in [0.1, 0.15) is 0 Å². The summed E-state index contributed by atoms with van der Waals surface area (Å²) < 4.78 is -0.200. The van der Waals surface area contributed by atoms with Crippen molar-refractivity contribution in [2.75, 3.05) is 21.1 Å². The van der Waals surface area contributed by atoms with Gasteiger partial charge >= 0.3 is 12.2 Å². The van der Waals surface area contributed by atoms with E-state index in [1.165, 1.54) is 21.1 Å². The smallest absolute Gasteiger partial charge is 0.333 e. The first-order valence-corrected chi connectivity index (χ1v) is 3.30. The van der Waals surface area contributed by atoms with Crippen LogP contribution in [0.25, 0.3) is 0 Å². The monoisotopic (exact) mass is 200 g/mol. The van der Waals surface area contributed by atoms with Gasteiger partial charge in [0, 0.05) is 0 Å². The highest BCUT2D eigenvalue weighted by Gasteiger charge is 2.52. The molecule has 0 aliphatic rings. The Bertz CT molecular complexity index is 151. The standard InChI is InChI=1S/C5H13NO7/c1-6(2,3)4(11-8)5(7,12-9)13-10/h4,7H,1-3H3,(H2-,8,9,10)/p+1. The van der Waals surface area contributed by atoms with Crippen molar-refractivity contribution in [1.29, 1.82) is 0 Å². The van der Waals surface area contributed by atoms with Crippen LogP contribution in [0, 0.1) is 0 Å². The minimum Gasteiger partial charge on any atom is -0.333 e. The van der Waals surface area contributed by atoms with Crippen LogP contribution >= 0.6 is 0 Å². The fraction of sp³-hybridized carbons (Fsp3) is 1.00. The quantitative estimate of drug-likeness (QED) is 0.198. The van der Waals surface area contributed by atoms with Crippen LogP contribution in [-0.2, 0) is 14.7 Å². The molecule has 0 aliphatic carbocycles. The molecule has 0 rings (SSSR count). The fourth-order valence-corrected chi connectivity index (χ4v) is 0.804. The molecular formula is C5H14NO7+. The summed E-state index contributed by atoms with van der Waals surface area (Å²) in [6.07, 6.45) is -1.55. The molecule has 0 spiro atoms. The molecule has 0 radical (unpaired) electrons. The molecule has 0 saturated heterocycles. The molecule has 0 aromatic carbocycles. The average Bonchev–Trinajstić information content (AvgIpc) is 2.02. The minimum absolute atomic E-state index is 0.200. The molecule has 80 valence electrons. The van der Waals surface area contributed by atoms with Gasteiger partial charge in [0.2, 0.25) is 0 Å². The van der Waals surface area contributed by atoms with Crippen LogP contribution in [0.2, 0.25) is 0 Å². The van der Waals surface area contributed by atoms with Gasteiger partial charge in [0.05, 0.1) is 21.1 Å². The summed E-state index contributed by atoms with van der Waals surface area (Å²) in [5.74, 6) is -2.85. The van der Waals surface area contributed by atoms with Gasteiger partial charge < -0.3 is 5.11 Å². The summed E-state index contributed by atoms with van der Waals surface area (Å²) in [5, 5.41) is 34.0. The highest BCUT2D eigenvalue weighted by Crippen LogP contribution is 2.20. The molecule has 0 aromatic heterocycles. The lowest BCUT2D eigenvalue weighted by molar-refractivity contribution is -0.956. The van der Waals surface area contributed by atoms with Crippen molar-refractivity contribution in [1.82, 2.24) is 0 Å². The molecule has 8 heteroatoms. The predicted octanol–water partition coefficient (Wildman–Crippen LogP) is -0.866. The fourth-order valence-electron chi connectivity index (χ4n) is 0.804. The Balaban J connectivity index is 4.74. The molecule has 0 fully saturated rings. The molecule has 0 amide bonds. The second kappa shape index (κ2) is 4.26. The maximum absolute atomic E-state index is 9.18. The van der Waals surface area contributed by atoms with E-state index in [0.29, 0.717) is 0 Å². The Morgan fingerprint density at radius 2 is 1.46 bits per heavy atom. The van der Waals surface area contributed by atoms with Crippen molar-refractivity contribution in [3.05, 3.63) is 0 Å². The Morgan fingerprint density at radius 1 is 1.08 bits per heavy atom. The number of hydrogen-bond acceptors (Lipinski definition) is 7.